The van der Waals surface area contributed by atoms with Gasteiger partial charge in [-0.05, 0) is 57.2 Å². The molecule has 2 fully saturated rings. The summed E-state index contributed by atoms with van der Waals surface area (Å²) in [5, 5.41) is 6.03. The third-order valence-corrected chi connectivity index (χ3v) is 6.91. The Hall–Kier alpha value is -2.02. The number of ether oxygens (including phenoxy) is 3. The van der Waals surface area contributed by atoms with Gasteiger partial charge in [-0.15, -0.1) is 13.2 Å². The molecule has 1 saturated carbocycles. The number of thiol groups is 1. The Morgan fingerprint density at radius 3 is 2.57 bits per heavy atom. The molecule has 13 heteroatoms. The fourth-order valence-electron chi connectivity index (χ4n) is 4.24. The van der Waals surface area contributed by atoms with E-state index in [1.807, 2.05) is 13.8 Å². The summed E-state index contributed by atoms with van der Waals surface area (Å²) >= 11 is 10.3. The lowest BCUT2D eigenvalue weighted by molar-refractivity contribution is -0.353. The monoisotopic (exact) mass is 567 g/mol. The van der Waals surface area contributed by atoms with Gasteiger partial charge in [0.15, 0.2) is 6.61 Å². The molecule has 3 rings (SSSR count). The van der Waals surface area contributed by atoms with Crippen LogP contribution >= 0.6 is 24.2 Å². The molecule has 37 heavy (non-hydrogen) atoms. The van der Waals surface area contributed by atoms with E-state index in [9.17, 15) is 22.4 Å². The molecule has 1 aliphatic heterocycles. The molecule has 2 N–H and O–H groups in total. The van der Waals surface area contributed by atoms with Gasteiger partial charge in [0, 0.05) is 25.6 Å². The number of hydrogen-bond donors (Lipinski definition) is 3. The number of alkyl halides is 3. The highest BCUT2D eigenvalue weighted by Crippen LogP contribution is 2.40. The van der Waals surface area contributed by atoms with Crippen LogP contribution in [0.2, 0.25) is 5.02 Å². The van der Waals surface area contributed by atoms with Gasteiger partial charge in [0.2, 0.25) is 5.90 Å². The van der Waals surface area contributed by atoms with Gasteiger partial charge >= 0.3 is 6.36 Å². The zero-order valence-electron chi connectivity index (χ0n) is 20.6. The molecule has 7 nitrogen and oxygen atoms in total. The van der Waals surface area contributed by atoms with Crippen LogP contribution in [0.15, 0.2) is 34.5 Å². The van der Waals surface area contributed by atoms with Gasteiger partial charge in [-0.2, -0.15) is 12.6 Å². The highest BCUT2D eigenvalue weighted by atomic mass is 35.5. The maximum atomic E-state index is 13.5. The number of halogens is 5. The van der Waals surface area contributed by atoms with Crippen molar-refractivity contribution >= 4 is 36.0 Å². The van der Waals surface area contributed by atoms with Crippen LogP contribution in [0, 0.1) is 11.7 Å². The lowest BCUT2D eigenvalue weighted by Gasteiger charge is -2.40. The van der Waals surface area contributed by atoms with E-state index in [1.54, 1.807) is 7.05 Å². The molecule has 206 valence electrons. The van der Waals surface area contributed by atoms with Crippen LogP contribution in [-0.4, -0.2) is 55.4 Å². The van der Waals surface area contributed by atoms with E-state index in [-0.39, 0.29) is 42.2 Å². The second-order valence-corrected chi connectivity index (χ2v) is 10.6. The van der Waals surface area contributed by atoms with E-state index in [2.05, 4.69) is 33.0 Å². The summed E-state index contributed by atoms with van der Waals surface area (Å²) in [7, 11) is 1.58. The molecule has 0 bridgehead atoms. The van der Waals surface area contributed by atoms with Crippen molar-refractivity contribution in [2.24, 2.45) is 10.9 Å². The van der Waals surface area contributed by atoms with Crippen molar-refractivity contribution in [2.45, 2.75) is 62.9 Å². The molecule has 2 atom stereocenters. The third kappa shape index (κ3) is 8.49. The van der Waals surface area contributed by atoms with E-state index in [0.29, 0.717) is 31.0 Å². The topological polar surface area (TPSA) is 81.2 Å². The van der Waals surface area contributed by atoms with Crippen molar-refractivity contribution in [1.82, 2.24) is 10.6 Å². The average Bonchev–Trinajstić information content (AvgIpc) is 2.78. The Balaban J connectivity index is 1.49. The van der Waals surface area contributed by atoms with Crippen LogP contribution in [0.25, 0.3) is 0 Å². The number of nitrogens with one attached hydrogen (secondary N) is 2. The maximum absolute atomic E-state index is 13.5. The van der Waals surface area contributed by atoms with Crippen LogP contribution in [-0.2, 0) is 14.3 Å². The van der Waals surface area contributed by atoms with Crippen molar-refractivity contribution in [3.63, 3.8) is 0 Å². The van der Waals surface area contributed by atoms with Crippen molar-refractivity contribution in [3.8, 4) is 5.75 Å². The first-order valence-electron chi connectivity index (χ1n) is 11.7. The summed E-state index contributed by atoms with van der Waals surface area (Å²) in [5.41, 5.74) is 0.851. The van der Waals surface area contributed by atoms with E-state index >= 15 is 0 Å². The van der Waals surface area contributed by atoms with Gasteiger partial charge in [0.1, 0.15) is 17.3 Å². The first-order valence-corrected chi connectivity index (χ1v) is 12.5. The first-order chi connectivity index (χ1) is 17.3. The number of hydrogen-bond acceptors (Lipinski definition) is 7. The molecular formula is C24H30ClF4N3O4S. The summed E-state index contributed by atoms with van der Waals surface area (Å²) in [6.07, 6.45) is -4.10. The van der Waals surface area contributed by atoms with Crippen molar-refractivity contribution in [3.05, 3.63) is 40.4 Å². The molecule has 1 saturated heterocycles. The fraction of sp³-hybridized carbons (Fsp3) is 0.583. The molecule has 1 amide bonds. The predicted molar refractivity (Wildman–Crippen MR) is 134 cm³/mol. The van der Waals surface area contributed by atoms with Crippen LogP contribution in [0.1, 0.15) is 39.5 Å². The Labute approximate surface area is 223 Å². The van der Waals surface area contributed by atoms with Gasteiger partial charge in [0.05, 0.1) is 22.0 Å². The van der Waals surface area contributed by atoms with Crippen LogP contribution in [0.4, 0.5) is 17.6 Å². The summed E-state index contributed by atoms with van der Waals surface area (Å²) in [4.78, 5) is 15.8. The zero-order valence-corrected chi connectivity index (χ0v) is 22.3. The van der Waals surface area contributed by atoms with E-state index in [4.69, 9.17) is 21.1 Å². The number of piperidine rings is 1. The number of nitrogens with zero attached hydrogens (tertiary/aromatic N) is 1. The summed E-state index contributed by atoms with van der Waals surface area (Å²) < 4.78 is 66.4. The second-order valence-electron chi connectivity index (χ2n) is 9.30. The van der Waals surface area contributed by atoms with Gasteiger partial charge in [-0.3, -0.25) is 14.5 Å². The summed E-state index contributed by atoms with van der Waals surface area (Å²) in [6.45, 7) is 3.63. The van der Waals surface area contributed by atoms with E-state index in [1.165, 1.54) is 12.1 Å². The molecule has 1 heterocycles. The minimum Gasteiger partial charge on any atom is -0.484 e. The highest BCUT2D eigenvalue weighted by Gasteiger charge is 2.43. The molecule has 2 aliphatic rings. The van der Waals surface area contributed by atoms with Gasteiger partial charge in [0.25, 0.3) is 5.91 Å². The number of benzene rings is 1. The molecule has 1 aromatic rings. The van der Waals surface area contributed by atoms with Crippen molar-refractivity contribution in [1.29, 1.82) is 0 Å². The number of carbonyl (C=O) groups excluding carboxylic acids is 1. The Kier molecular flexibility index (Phi) is 9.76. The van der Waals surface area contributed by atoms with Gasteiger partial charge < -0.3 is 20.1 Å². The zero-order chi connectivity index (χ0) is 27.4. The number of amides is 1. The summed E-state index contributed by atoms with van der Waals surface area (Å²) in [5.74, 6) is -0.0894. The predicted octanol–water partition coefficient (Wildman–Crippen LogP) is 5.01. The molecule has 1 aliphatic carbocycles. The molecule has 0 spiro atoms. The molecule has 0 aromatic heterocycles. The number of aliphatic imine (C=N–C) groups is 1. The Bertz CT molecular complexity index is 1040. The average molecular weight is 568 g/mol. The van der Waals surface area contributed by atoms with Crippen LogP contribution < -0.4 is 15.4 Å². The Morgan fingerprint density at radius 1 is 1.32 bits per heavy atom. The van der Waals surface area contributed by atoms with E-state index < -0.39 is 29.1 Å². The molecule has 1 aromatic carbocycles. The maximum Gasteiger partial charge on any atom is 0.522 e. The normalized spacial score (nSPS) is 26.2. The lowest BCUT2D eigenvalue weighted by Crippen LogP contribution is -2.59. The standard InChI is InChI=1S/C24H30ClF4N3O4S/c1-13(2)21(14-8-16(9-14)36-24(27,28)29)35-22(30-3)19-6-7-23(37,12-31-19)32-20(33)11-34-15-4-5-17(25)18(26)10-15/h4-5,10,14,16,19,31,37H,6-9,11-12H2,1-3H3,(H,32,33)/b30-22-/t14-,16+,19-,23-/m1/s1. The summed E-state index contributed by atoms with van der Waals surface area (Å²) in [6, 6.07) is 3.62. The van der Waals surface area contributed by atoms with Crippen molar-refractivity contribution < 1.29 is 36.6 Å². The van der Waals surface area contributed by atoms with Crippen LogP contribution in [0.5, 0.6) is 5.75 Å². The minimum atomic E-state index is -4.65. The van der Waals surface area contributed by atoms with Gasteiger partial charge in [-0.1, -0.05) is 11.6 Å². The number of allylic oxidation sites excluding steroid dienone is 2. The van der Waals surface area contributed by atoms with Crippen LogP contribution in [0.3, 0.4) is 0 Å². The SMILES string of the molecule is C/N=C(\OC(=C(C)C)[C@H]1C[C@@H](OC(F)(F)F)C1)[C@H]1CC[C@](S)(NC(=O)COc2ccc(Cl)c(F)c2)CN1. The lowest BCUT2D eigenvalue weighted by atomic mass is 9.79. The highest BCUT2D eigenvalue weighted by molar-refractivity contribution is 7.81. The number of rotatable bonds is 8. The minimum absolute atomic E-state index is 0.0445. The smallest absolute Gasteiger partial charge is 0.484 e. The van der Waals surface area contributed by atoms with Crippen molar-refractivity contribution in [2.75, 3.05) is 20.2 Å². The molecular weight excluding hydrogens is 538 g/mol. The first kappa shape index (κ1) is 29.5. The third-order valence-electron chi connectivity index (χ3n) is 6.11. The Morgan fingerprint density at radius 2 is 2.03 bits per heavy atom. The molecule has 0 unspecified atom stereocenters. The van der Waals surface area contributed by atoms with Gasteiger partial charge in [-0.25, -0.2) is 4.39 Å². The number of carbonyl (C=O) groups is 1. The largest absolute Gasteiger partial charge is 0.522 e. The fourth-order valence-corrected chi connectivity index (χ4v) is 4.70. The second kappa shape index (κ2) is 12.2. The molecule has 0 radical (unpaired) electrons. The quantitative estimate of drug-likeness (QED) is 0.103. The van der Waals surface area contributed by atoms with E-state index in [0.717, 1.165) is 11.6 Å².